The minimum absolute atomic E-state index is 0. The van der Waals surface area contributed by atoms with Crippen molar-refractivity contribution in [1.82, 2.24) is 0 Å². The highest BCUT2D eigenvalue weighted by Gasteiger charge is 2.21. The highest BCUT2D eigenvalue weighted by molar-refractivity contribution is 5.82. The molecule has 2 heteroatoms. The van der Waals surface area contributed by atoms with Gasteiger partial charge in [0.1, 0.15) is 11.6 Å². The van der Waals surface area contributed by atoms with Crippen LogP contribution < -0.4 is 0 Å². The predicted molar refractivity (Wildman–Crippen MR) is 92.2 cm³/mol. The van der Waals surface area contributed by atoms with E-state index in [1.165, 1.54) is 12.8 Å². The maximum Gasteiger partial charge on any atom is 0.136 e. The highest BCUT2D eigenvalue weighted by atomic mass is 16.1. The average Bonchev–Trinajstić information content (AvgIpc) is 2.50. The summed E-state index contributed by atoms with van der Waals surface area (Å²) in [5.74, 6) is 6.43. The first-order valence-corrected chi connectivity index (χ1v) is 8.11. The Morgan fingerprint density at radius 2 is 1.41 bits per heavy atom. The van der Waals surface area contributed by atoms with Crippen LogP contribution in [0.1, 0.15) is 78.1 Å². The number of hydrogen-bond acceptors (Lipinski definition) is 2. The van der Waals surface area contributed by atoms with Gasteiger partial charge in [-0.25, -0.2) is 0 Å². The summed E-state index contributed by atoms with van der Waals surface area (Å²) in [6.45, 7) is 0. The molecule has 2 rings (SSSR count). The zero-order valence-corrected chi connectivity index (χ0v) is 12.9. The van der Waals surface area contributed by atoms with Gasteiger partial charge in [-0.3, -0.25) is 9.59 Å². The smallest absolute Gasteiger partial charge is 0.136 e. The van der Waals surface area contributed by atoms with Crippen LogP contribution in [-0.4, -0.2) is 11.6 Å². The maximum atomic E-state index is 11.2. The van der Waals surface area contributed by atoms with Crippen LogP contribution in [-0.2, 0) is 9.59 Å². The van der Waals surface area contributed by atoms with Crippen LogP contribution in [0, 0.1) is 36.5 Å². The van der Waals surface area contributed by atoms with Gasteiger partial charge in [0.05, 0.1) is 0 Å². The fraction of sp³-hybridized carbons (Fsp3) is 0.700. The van der Waals surface area contributed by atoms with E-state index in [1.807, 2.05) is 0 Å². The van der Waals surface area contributed by atoms with Crippen LogP contribution >= 0.6 is 0 Å². The molecule has 2 fully saturated rings. The molecule has 2 nitrogen and oxygen atoms in total. The van der Waals surface area contributed by atoms with Gasteiger partial charge in [-0.05, 0) is 32.1 Å². The van der Waals surface area contributed by atoms with Crippen molar-refractivity contribution in [2.24, 2.45) is 11.8 Å². The summed E-state index contributed by atoms with van der Waals surface area (Å²) >= 11 is 0. The fourth-order valence-electron chi connectivity index (χ4n) is 3.03. The van der Waals surface area contributed by atoms with E-state index in [9.17, 15) is 9.59 Å². The van der Waals surface area contributed by atoms with Crippen molar-refractivity contribution in [3.8, 4) is 24.7 Å². The first kappa shape index (κ1) is 20.5. The Labute approximate surface area is 136 Å². The summed E-state index contributed by atoms with van der Waals surface area (Å²) in [5.41, 5.74) is 0. The first-order chi connectivity index (χ1) is 10.2. The quantitative estimate of drug-likeness (QED) is 0.716. The molecule has 0 amide bonds. The lowest BCUT2D eigenvalue weighted by molar-refractivity contribution is -0.125. The molecule has 0 N–H and O–H groups in total. The van der Waals surface area contributed by atoms with Crippen molar-refractivity contribution in [2.45, 2.75) is 78.1 Å². The average molecular weight is 302 g/mol. The maximum absolute atomic E-state index is 11.2. The van der Waals surface area contributed by atoms with Crippen molar-refractivity contribution < 1.29 is 9.59 Å². The van der Waals surface area contributed by atoms with Crippen LogP contribution in [0.4, 0.5) is 0 Å². The number of carbonyl (C=O) groups excluding carboxylic acids is 2. The Hall–Kier alpha value is -1.54. The summed E-state index contributed by atoms with van der Waals surface area (Å²) in [5, 5.41) is 0. The van der Waals surface area contributed by atoms with E-state index in [2.05, 4.69) is 11.8 Å². The van der Waals surface area contributed by atoms with Gasteiger partial charge in [0.15, 0.2) is 0 Å². The van der Waals surface area contributed by atoms with Gasteiger partial charge in [-0.1, -0.05) is 20.3 Å². The number of carbonyl (C=O) groups is 2. The van der Waals surface area contributed by atoms with Crippen molar-refractivity contribution in [3.63, 3.8) is 0 Å². The van der Waals surface area contributed by atoms with Gasteiger partial charge < -0.3 is 0 Å². The molecular formula is C20H30O2. The Morgan fingerprint density at radius 3 is 1.86 bits per heavy atom. The minimum Gasteiger partial charge on any atom is -0.299 e. The van der Waals surface area contributed by atoms with E-state index in [0.29, 0.717) is 23.9 Å². The molecule has 0 aromatic heterocycles. The molecule has 0 aliphatic heterocycles. The summed E-state index contributed by atoms with van der Waals surface area (Å²) in [7, 11) is 0. The summed E-state index contributed by atoms with van der Waals surface area (Å²) in [6, 6.07) is 0. The van der Waals surface area contributed by atoms with Crippen LogP contribution in [0.5, 0.6) is 0 Å². The van der Waals surface area contributed by atoms with Crippen LogP contribution in [0.3, 0.4) is 0 Å². The molecule has 0 bridgehead atoms. The van der Waals surface area contributed by atoms with Crippen LogP contribution in [0.25, 0.3) is 0 Å². The van der Waals surface area contributed by atoms with Crippen LogP contribution in [0.2, 0.25) is 0 Å². The molecular weight excluding hydrogens is 272 g/mol. The largest absolute Gasteiger partial charge is 0.299 e. The van der Waals surface area contributed by atoms with Gasteiger partial charge in [0, 0.05) is 37.5 Å². The van der Waals surface area contributed by atoms with Gasteiger partial charge in [-0.15, -0.1) is 24.7 Å². The molecule has 2 unspecified atom stereocenters. The molecule has 0 radical (unpaired) electrons. The van der Waals surface area contributed by atoms with Crippen molar-refractivity contribution in [2.75, 3.05) is 0 Å². The number of rotatable bonds is 3. The van der Waals surface area contributed by atoms with Gasteiger partial charge in [-0.2, -0.15) is 0 Å². The third kappa shape index (κ3) is 7.46. The van der Waals surface area contributed by atoms with E-state index in [1.54, 1.807) is 0 Å². The molecule has 0 heterocycles. The van der Waals surface area contributed by atoms with E-state index in [4.69, 9.17) is 12.8 Å². The molecule has 2 atom stereocenters. The molecule has 0 aromatic carbocycles. The normalized spacial score (nSPS) is 24.1. The standard InChI is InChI=1S/C10H14O.C9H12O.CH4/c1-2-3-6-9-7-4-5-8-10(9)11;1-2-5-8-6-3-4-7-9(8)10;/h1,9H,3-8H2;1,8H,3-7H2;1H4. The zero-order chi connectivity index (χ0) is 15.5. The second kappa shape index (κ2) is 12.0. The molecule has 2 aliphatic carbocycles. The Kier molecular flexibility index (Phi) is 11.2. The van der Waals surface area contributed by atoms with Crippen molar-refractivity contribution >= 4 is 11.6 Å². The molecule has 0 aromatic rings. The summed E-state index contributed by atoms with van der Waals surface area (Å²) in [4.78, 5) is 22.3. The number of ketones is 2. The first-order valence-electron chi connectivity index (χ1n) is 8.11. The molecule has 0 saturated heterocycles. The van der Waals surface area contributed by atoms with Crippen molar-refractivity contribution in [3.05, 3.63) is 0 Å². The van der Waals surface area contributed by atoms with Crippen LogP contribution in [0.15, 0.2) is 0 Å². The van der Waals surface area contributed by atoms with Crippen molar-refractivity contribution in [1.29, 1.82) is 0 Å². The predicted octanol–water partition coefficient (Wildman–Crippen LogP) is 4.56. The number of terminal acetylenes is 2. The lowest BCUT2D eigenvalue weighted by Gasteiger charge is -2.18. The van der Waals surface area contributed by atoms with Gasteiger partial charge in [0.25, 0.3) is 0 Å². The van der Waals surface area contributed by atoms with E-state index < -0.39 is 0 Å². The second-order valence-corrected chi connectivity index (χ2v) is 5.97. The fourth-order valence-corrected chi connectivity index (χ4v) is 3.03. The SMILES string of the molecule is C.C#CCC1CCCCC1=O.C#CCCC1CCCCC1=O. The zero-order valence-electron chi connectivity index (χ0n) is 12.9. The minimum atomic E-state index is 0. The van der Waals surface area contributed by atoms with E-state index in [0.717, 1.165) is 51.4 Å². The van der Waals surface area contributed by atoms with Gasteiger partial charge in [0.2, 0.25) is 0 Å². The lowest BCUT2D eigenvalue weighted by Crippen LogP contribution is -2.18. The Bertz CT molecular complexity index is 422. The number of hydrogen-bond donors (Lipinski definition) is 0. The highest BCUT2D eigenvalue weighted by Crippen LogP contribution is 2.24. The molecule has 122 valence electrons. The topological polar surface area (TPSA) is 34.1 Å². The van der Waals surface area contributed by atoms with E-state index >= 15 is 0 Å². The molecule has 22 heavy (non-hydrogen) atoms. The second-order valence-electron chi connectivity index (χ2n) is 5.97. The molecule has 0 spiro atoms. The molecule has 2 saturated carbocycles. The lowest BCUT2D eigenvalue weighted by atomic mass is 9.85. The Morgan fingerprint density at radius 1 is 0.864 bits per heavy atom. The number of Topliss-reactive ketones (excluding diaryl/α,β-unsaturated/α-hetero) is 2. The third-order valence-corrected chi connectivity index (χ3v) is 4.36. The monoisotopic (exact) mass is 302 g/mol. The summed E-state index contributed by atoms with van der Waals surface area (Å²) in [6.07, 6.45) is 20.7. The Balaban J connectivity index is 0.000000385. The van der Waals surface area contributed by atoms with E-state index in [-0.39, 0.29) is 13.3 Å². The van der Waals surface area contributed by atoms with Gasteiger partial charge >= 0.3 is 0 Å². The third-order valence-electron chi connectivity index (χ3n) is 4.36. The molecule has 2 aliphatic rings. The summed E-state index contributed by atoms with van der Waals surface area (Å²) < 4.78 is 0.